The monoisotopic (exact) mass is 324 g/mol. The van der Waals surface area contributed by atoms with Gasteiger partial charge in [0, 0.05) is 31.9 Å². The number of aryl methyl sites for hydroxylation is 1. The summed E-state index contributed by atoms with van der Waals surface area (Å²) in [6.07, 6.45) is 0. The van der Waals surface area contributed by atoms with Crippen molar-refractivity contribution in [2.75, 3.05) is 19.0 Å². The van der Waals surface area contributed by atoms with Gasteiger partial charge in [-0.1, -0.05) is 48.5 Å². The van der Waals surface area contributed by atoms with Gasteiger partial charge in [0.25, 0.3) is 0 Å². The highest BCUT2D eigenvalue weighted by molar-refractivity contribution is 6.19. The average Bonchev–Trinajstić information content (AvgIpc) is 2.97. The maximum absolute atomic E-state index is 2.33. The minimum atomic E-state index is 1.22. The minimum Gasteiger partial charge on any atom is -0.364 e. The van der Waals surface area contributed by atoms with Crippen LogP contribution in [0.3, 0.4) is 0 Å². The first-order valence-electron chi connectivity index (χ1n) is 8.64. The summed E-state index contributed by atoms with van der Waals surface area (Å²) in [5.74, 6) is 1.22. The van der Waals surface area contributed by atoms with Crippen LogP contribution in [0.25, 0.3) is 43.2 Å². The second-order valence-electron chi connectivity index (χ2n) is 7.04. The number of hydrogen-bond donors (Lipinski definition) is 0. The van der Waals surface area contributed by atoms with Crippen molar-refractivity contribution in [1.29, 1.82) is 0 Å². The van der Waals surface area contributed by atoms with Crippen molar-refractivity contribution in [2.24, 2.45) is 7.05 Å². The third-order valence-corrected chi connectivity index (χ3v) is 5.31. The Morgan fingerprint density at radius 2 is 1.32 bits per heavy atom. The van der Waals surface area contributed by atoms with E-state index < -0.39 is 0 Å². The van der Waals surface area contributed by atoms with E-state index in [4.69, 9.17) is 0 Å². The lowest BCUT2D eigenvalue weighted by Gasteiger charge is -2.14. The van der Waals surface area contributed by atoms with E-state index in [1.54, 1.807) is 0 Å². The molecule has 0 bridgehead atoms. The van der Waals surface area contributed by atoms with Crippen LogP contribution in [0.4, 0.5) is 5.82 Å². The van der Waals surface area contributed by atoms with E-state index in [0.29, 0.717) is 0 Å². The molecule has 0 amide bonds. The summed E-state index contributed by atoms with van der Waals surface area (Å²) in [7, 11) is 6.34. The Balaban J connectivity index is 1.95. The lowest BCUT2D eigenvalue weighted by Crippen LogP contribution is -2.12. The number of aromatic nitrogens is 1. The first-order valence-corrected chi connectivity index (χ1v) is 8.64. The first kappa shape index (κ1) is 14.4. The molecule has 0 spiro atoms. The molecule has 5 rings (SSSR count). The summed E-state index contributed by atoms with van der Waals surface area (Å²) >= 11 is 0. The van der Waals surface area contributed by atoms with Crippen molar-refractivity contribution in [3.05, 3.63) is 66.7 Å². The van der Waals surface area contributed by atoms with Crippen LogP contribution < -0.4 is 4.90 Å². The Bertz CT molecular complexity index is 1280. The molecule has 5 aromatic rings. The van der Waals surface area contributed by atoms with Gasteiger partial charge < -0.3 is 9.47 Å². The molecular weight excluding hydrogens is 304 g/mol. The molecule has 0 unspecified atom stereocenters. The highest BCUT2D eigenvalue weighted by Crippen LogP contribution is 2.35. The maximum Gasteiger partial charge on any atom is 0.108 e. The topological polar surface area (TPSA) is 8.17 Å². The molecule has 0 aliphatic rings. The predicted octanol–water partition coefficient (Wildman–Crippen LogP) is 5.70. The predicted molar refractivity (Wildman–Crippen MR) is 110 cm³/mol. The van der Waals surface area contributed by atoms with E-state index in [-0.39, 0.29) is 0 Å². The van der Waals surface area contributed by atoms with Crippen molar-refractivity contribution in [3.8, 4) is 0 Å². The van der Waals surface area contributed by atoms with E-state index in [1.807, 2.05) is 0 Å². The number of anilines is 1. The Morgan fingerprint density at radius 3 is 2.08 bits per heavy atom. The van der Waals surface area contributed by atoms with Gasteiger partial charge in [-0.25, -0.2) is 0 Å². The Morgan fingerprint density at radius 1 is 0.640 bits per heavy atom. The molecule has 122 valence electrons. The van der Waals surface area contributed by atoms with Gasteiger partial charge in [0.05, 0.1) is 5.52 Å². The lowest BCUT2D eigenvalue weighted by atomic mass is 9.97. The van der Waals surface area contributed by atoms with Crippen molar-refractivity contribution >= 4 is 49.0 Å². The summed E-state index contributed by atoms with van der Waals surface area (Å²) in [6, 6.07) is 24.5. The summed E-state index contributed by atoms with van der Waals surface area (Å²) in [6.45, 7) is 0. The summed E-state index contributed by atoms with van der Waals surface area (Å²) < 4.78 is 2.30. The van der Waals surface area contributed by atoms with Gasteiger partial charge in [0.2, 0.25) is 0 Å². The fraction of sp³-hybridized carbons (Fsp3) is 0.130. The van der Waals surface area contributed by atoms with Crippen molar-refractivity contribution in [1.82, 2.24) is 4.57 Å². The Labute approximate surface area is 146 Å². The Hall–Kier alpha value is -3.00. The minimum absolute atomic E-state index is 1.22. The molecule has 2 heteroatoms. The molecule has 1 aromatic heterocycles. The maximum atomic E-state index is 2.33. The highest BCUT2D eigenvalue weighted by Gasteiger charge is 2.12. The van der Waals surface area contributed by atoms with Crippen LogP contribution in [0.1, 0.15) is 0 Å². The van der Waals surface area contributed by atoms with E-state index in [2.05, 4.69) is 97.3 Å². The quantitative estimate of drug-likeness (QED) is 0.283. The normalized spacial score (nSPS) is 11.8. The van der Waals surface area contributed by atoms with E-state index >= 15 is 0 Å². The van der Waals surface area contributed by atoms with Gasteiger partial charge >= 0.3 is 0 Å². The smallest absolute Gasteiger partial charge is 0.108 e. The molecule has 25 heavy (non-hydrogen) atoms. The van der Waals surface area contributed by atoms with Gasteiger partial charge in [-0.3, -0.25) is 0 Å². The molecule has 0 fully saturated rings. The number of hydrogen-bond acceptors (Lipinski definition) is 1. The number of nitrogens with zero attached hydrogens (tertiary/aromatic N) is 2. The SMILES string of the molecule is CN(C)c1cc2ccc3c4cc5ccccc5cc4ccc3c2n1C. The molecule has 4 aromatic carbocycles. The molecular formula is C23H20N2. The van der Waals surface area contributed by atoms with Crippen LogP contribution in [-0.4, -0.2) is 18.7 Å². The summed E-state index contributed by atoms with van der Waals surface area (Å²) in [5, 5.41) is 9.14. The van der Waals surface area contributed by atoms with Gasteiger partial charge in [-0.05, 0) is 45.1 Å². The third kappa shape index (κ3) is 1.97. The summed E-state index contributed by atoms with van der Waals surface area (Å²) in [4.78, 5) is 2.17. The number of fused-ring (bicyclic) bond motifs is 6. The van der Waals surface area contributed by atoms with E-state index in [0.717, 1.165) is 0 Å². The average molecular weight is 324 g/mol. The zero-order valence-corrected chi connectivity index (χ0v) is 14.7. The van der Waals surface area contributed by atoms with Gasteiger partial charge in [0.15, 0.2) is 0 Å². The second kappa shape index (κ2) is 5.00. The molecule has 2 nitrogen and oxygen atoms in total. The fourth-order valence-electron chi connectivity index (χ4n) is 4.10. The lowest BCUT2D eigenvalue weighted by molar-refractivity contribution is 0.918. The van der Waals surface area contributed by atoms with Gasteiger partial charge in [-0.2, -0.15) is 0 Å². The molecule has 0 saturated heterocycles. The highest BCUT2D eigenvalue weighted by atomic mass is 15.2. The standard InChI is InChI=1S/C23H20N2/c1-24(2)22-14-18-9-10-19-20(23(18)25(22)3)11-8-17-12-15-6-4-5-7-16(15)13-21(17)19/h4-14H,1-3H3. The molecule has 0 N–H and O–H groups in total. The molecule has 0 saturated carbocycles. The van der Waals surface area contributed by atoms with Crippen LogP contribution in [0.2, 0.25) is 0 Å². The van der Waals surface area contributed by atoms with Crippen LogP contribution in [0.5, 0.6) is 0 Å². The fourth-order valence-corrected chi connectivity index (χ4v) is 4.10. The number of rotatable bonds is 1. The molecule has 0 aliphatic carbocycles. The van der Waals surface area contributed by atoms with E-state index in [9.17, 15) is 0 Å². The molecule has 0 atom stereocenters. The third-order valence-electron chi connectivity index (χ3n) is 5.31. The van der Waals surface area contributed by atoms with Crippen molar-refractivity contribution in [2.45, 2.75) is 0 Å². The zero-order valence-electron chi connectivity index (χ0n) is 14.7. The zero-order chi connectivity index (χ0) is 17.1. The number of benzene rings is 4. The molecule has 0 aliphatic heterocycles. The second-order valence-corrected chi connectivity index (χ2v) is 7.04. The van der Waals surface area contributed by atoms with Crippen molar-refractivity contribution in [3.63, 3.8) is 0 Å². The largest absolute Gasteiger partial charge is 0.364 e. The van der Waals surface area contributed by atoms with E-state index in [1.165, 1.54) is 49.0 Å². The van der Waals surface area contributed by atoms with Gasteiger partial charge in [0.1, 0.15) is 5.82 Å². The molecule has 0 radical (unpaired) electrons. The Kier molecular flexibility index (Phi) is 2.87. The molecule has 1 heterocycles. The van der Waals surface area contributed by atoms with Crippen LogP contribution in [0, 0.1) is 0 Å². The van der Waals surface area contributed by atoms with Crippen molar-refractivity contribution < 1.29 is 0 Å². The summed E-state index contributed by atoms with van der Waals surface area (Å²) in [5.41, 5.74) is 1.30. The first-order chi connectivity index (χ1) is 12.1. The van der Waals surface area contributed by atoms with Crippen LogP contribution in [-0.2, 0) is 7.05 Å². The van der Waals surface area contributed by atoms with Crippen LogP contribution >= 0.6 is 0 Å². The van der Waals surface area contributed by atoms with Crippen LogP contribution in [0.15, 0.2) is 66.7 Å². The van der Waals surface area contributed by atoms with Gasteiger partial charge in [-0.15, -0.1) is 0 Å².